The highest BCUT2D eigenvalue weighted by Gasteiger charge is 2.11. The lowest BCUT2D eigenvalue weighted by molar-refractivity contribution is 0.175. The number of anilines is 1. The van der Waals surface area contributed by atoms with Gasteiger partial charge in [0.25, 0.3) is 0 Å². The summed E-state index contributed by atoms with van der Waals surface area (Å²) in [6.07, 6.45) is -0.709. The maximum atomic E-state index is 12.0. The number of thiophene rings is 1. The molecule has 0 aliphatic carbocycles. The quantitative estimate of drug-likeness (QED) is 0.724. The molecule has 124 valence electrons. The molecule has 0 saturated carbocycles. The Morgan fingerprint density at radius 3 is 2.78 bits per heavy atom. The van der Waals surface area contributed by atoms with Crippen LogP contribution in [0.4, 0.5) is 10.5 Å². The molecule has 3 N–H and O–H groups in total. The van der Waals surface area contributed by atoms with Crippen LogP contribution in [0.2, 0.25) is 0 Å². The maximum absolute atomic E-state index is 12.0. The Balaban J connectivity index is 1.87. The second-order valence-corrected chi connectivity index (χ2v) is 6.39. The molecular formula is C17H22N2O3S. The van der Waals surface area contributed by atoms with Gasteiger partial charge in [0.05, 0.1) is 18.4 Å². The molecule has 1 heterocycles. The number of rotatable bonds is 7. The molecule has 1 aromatic carbocycles. The molecule has 2 aromatic rings. The number of hydrogen-bond acceptors (Lipinski definition) is 4. The first-order valence-corrected chi connectivity index (χ1v) is 8.47. The van der Waals surface area contributed by atoms with Crippen molar-refractivity contribution in [1.29, 1.82) is 0 Å². The molecule has 23 heavy (non-hydrogen) atoms. The van der Waals surface area contributed by atoms with E-state index in [1.807, 2.05) is 35.0 Å². The van der Waals surface area contributed by atoms with Crippen LogP contribution in [0.1, 0.15) is 25.5 Å². The minimum Gasteiger partial charge on any atom is -0.491 e. The smallest absolute Gasteiger partial charge is 0.319 e. The van der Waals surface area contributed by atoms with E-state index in [4.69, 9.17) is 4.74 Å². The molecule has 2 rings (SSSR count). The number of nitrogens with one attached hydrogen (secondary N) is 2. The summed E-state index contributed by atoms with van der Waals surface area (Å²) in [6.45, 7) is 4.86. The summed E-state index contributed by atoms with van der Waals surface area (Å²) in [7, 11) is 0. The molecule has 0 aliphatic heterocycles. The van der Waals surface area contributed by atoms with Crippen molar-refractivity contribution in [1.82, 2.24) is 5.32 Å². The van der Waals surface area contributed by atoms with Gasteiger partial charge in [-0.3, -0.25) is 0 Å². The van der Waals surface area contributed by atoms with E-state index in [0.717, 1.165) is 5.56 Å². The highest BCUT2D eigenvalue weighted by atomic mass is 32.1. The van der Waals surface area contributed by atoms with Gasteiger partial charge in [-0.15, -0.1) is 0 Å². The molecule has 1 unspecified atom stereocenters. The van der Waals surface area contributed by atoms with E-state index in [1.165, 1.54) is 11.3 Å². The summed E-state index contributed by atoms with van der Waals surface area (Å²) in [6, 6.07) is 8.75. The van der Waals surface area contributed by atoms with Crippen molar-refractivity contribution in [2.45, 2.75) is 20.0 Å². The SMILES string of the molecule is CC(C)COc1ccccc1NC(=O)NCC(O)c1ccsc1. The Morgan fingerprint density at radius 2 is 2.09 bits per heavy atom. The molecule has 0 saturated heterocycles. The standard InChI is InChI=1S/C17H22N2O3S/c1-12(2)10-22-16-6-4-3-5-14(16)19-17(21)18-9-15(20)13-7-8-23-11-13/h3-8,11-12,15,20H,9-10H2,1-2H3,(H2,18,19,21). The predicted molar refractivity (Wildman–Crippen MR) is 93.1 cm³/mol. The lowest BCUT2D eigenvalue weighted by atomic mass is 10.2. The van der Waals surface area contributed by atoms with Crippen LogP contribution in [0.5, 0.6) is 5.75 Å². The molecule has 1 atom stereocenters. The Morgan fingerprint density at radius 1 is 1.30 bits per heavy atom. The Hall–Kier alpha value is -2.05. The maximum Gasteiger partial charge on any atom is 0.319 e. The van der Waals surface area contributed by atoms with Crippen LogP contribution >= 0.6 is 11.3 Å². The minimum atomic E-state index is -0.709. The number of hydrogen-bond donors (Lipinski definition) is 3. The zero-order chi connectivity index (χ0) is 16.7. The number of aliphatic hydroxyl groups is 1. The third-order valence-corrected chi connectivity index (χ3v) is 3.79. The molecule has 0 spiro atoms. The van der Waals surface area contributed by atoms with Gasteiger partial charge in [0, 0.05) is 6.54 Å². The lowest BCUT2D eigenvalue weighted by Crippen LogP contribution is -2.32. The first kappa shape index (κ1) is 17.3. The number of amides is 2. The largest absolute Gasteiger partial charge is 0.491 e. The monoisotopic (exact) mass is 334 g/mol. The average molecular weight is 334 g/mol. The number of urea groups is 1. The average Bonchev–Trinajstić information content (AvgIpc) is 3.06. The van der Waals surface area contributed by atoms with Crippen molar-refractivity contribution in [3.05, 3.63) is 46.7 Å². The van der Waals surface area contributed by atoms with Crippen LogP contribution in [0, 0.1) is 5.92 Å². The topological polar surface area (TPSA) is 70.6 Å². The number of carbonyl (C=O) groups excluding carboxylic acids is 1. The Bertz CT molecular complexity index is 614. The Kier molecular flexibility index (Phi) is 6.43. The molecule has 6 heteroatoms. The highest BCUT2D eigenvalue weighted by molar-refractivity contribution is 7.07. The third kappa shape index (κ3) is 5.58. The summed E-state index contributed by atoms with van der Waals surface area (Å²) in [5.41, 5.74) is 1.41. The van der Waals surface area contributed by atoms with Crippen LogP contribution in [0.15, 0.2) is 41.1 Å². The van der Waals surface area contributed by atoms with Crippen molar-refractivity contribution < 1.29 is 14.6 Å². The van der Waals surface area contributed by atoms with Gasteiger partial charge in [0.2, 0.25) is 0 Å². The van der Waals surface area contributed by atoms with Gasteiger partial charge in [-0.05, 0) is 40.4 Å². The molecule has 0 aliphatic rings. The fourth-order valence-electron chi connectivity index (χ4n) is 1.89. The van der Waals surface area contributed by atoms with E-state index < -0.39 is 6.10 Å². The second kappa shape index (κ2) is 8.55. The number of aliphatic hydroxyl groups excluding tert-OH is 1. The van der Waals surface area contributed by atoms with E-state index in [2.05, 4.69) is 24.5 Å². The van der Waals surface area contributed by atoms with Crippen molar-refractivity contribution in [2.75, 3.05) is 18.5 Å². The van der Waals surface area contributed by atoms with Crippen LogP contribution < -0.4 is 15.4 Å². The fraction of sp³-hybridized carbons (Fsp3) is 0.353. The summed E-state index contributed by atoms with van der Waals surface area (Å²) in [4.78, 5) is 12.0. The van der Waals surface area contributed by atoms with E-state index in [0.29, 0.717) is 24.0 Å². The molecule has 2 amide bonds. The normalized spacial score (nSPS) is 12.0. The molecule has 1 aromatic heterocycles. The Labute approximate surface area is 140 Å². The van der Waals surface area contributed by atoms with Crippen LogP contribution in [0.25, 0.3) is 0 Å². The number of ether oxygens (including phenoxy) is 1. The van der Waals surface area contributed by atoms with Gasteiger partial charge in [-0.25, -0.2) is 4.79 Å². The third-order valence-electron chi connectivity index (χ3n) is 3.09. The van der Waals surface area contributed by atoms with Crippen molar-refractivity contribution >= 4 is 23.1 Å². The number of para-hydroxylation sites is 2. The summed E-state index contributed by atoms with van der Waals surface area (Å²) in [5, 5.41) is 19.1. The van der Waals surface area contributed by atoms with Crippen molar-refractivity contribution in [3.63, 3.8) is 0 Å². The van der Waals surface area contributed by atoms with Gasteiger partial charge < -0.3 is 20.5 Å². The number of benzene rings is 1. The van der Waals surface area contributed by atoms with Crippen molar-refractivity contribution in [2.24, 2.45) is 5.92 Å². The first-order chi connectivity index (χ1) is 11.1. The van der Waals surface area contributed by atoms with E-state index in [-0.39, 0.29) is 12.6 Å². The molecule has 0 radical (unpaired) electrons. The zero-order valence-corrected chi connectivity index (χ0v) is 14.1. The fourth-order valence-corrected chi connectivity index (χ4v) is 2.60. The predicted octanol–water partition coefficient (Wildman–Crippen LogP) is 3.64. The molecule has 5 nitrogen and oxygen atoms in total. The van der Waals surface area contributed by atoms with Crippen LogP contribution in [0.3, 0.4) is 0 Å². The molecule has 0 fully saturated rings. The molecule has 0 bridgehead atoms. The highest BCUT2D eigenvalue weighted by Crippen LogP contribution is 2.24. The van der Waals surface area contributed by atoms with Gasteiger partial charge in [0.15, 0.2) is 0 Å². The summed E-state index contributed by atoms with van der Waals surface area (Å²) in [5.74, 6) is 1.03. The minimum absolute atomic E-state index is 0.150. The van der Waals surface area contributed by atoms with Gasteiger partial charge in [-0.1, -0.05) is 26.0 Å². The van der Waals surface area contributed by atoms with E-state index in [1.54, 1.807) is 6.07 Å². The zero-order valence-electron chi connectivity index (χ0n) is 13.3. The van der Waals surface area contributed by atoms with E-state index in [9.17, 15) is 9.90 Å². The second-order valence-electron chi connectivity index (χ2n) is 5.61. The lowest BCUT2D eigenvalue weighted by Gasteiger charge is -2.15. The first-order valence-electron chi connectivity index (χ1n) is 7.53. The van der Waals surface area contributed by atoms with E-state index >= 15 is 0 Å². The van der Waals surface area contributed by atoms with Crippen LogP contribution in [-0.2, 0) is 0 Å². The van der Waals surface area contributed by atoms with Crippen LogP contribution in [-0.4, -0.2) is 24.3 Å². The number of carbonyl (C=O) groups is 1. The van der Waals surface area contributed by atoms with Crippen molar-refractivity contribution in [3.8, 4) is 5.75 Å². The van der Waals surface area contributed by atoms with Gasteiger partial charge in [0.1, 0.15) is 5.75 Å². The van der Waals surface area contributed by atoms with Gasteiger partial charge >= 0.3 is 6.03 Å². The summed E-state index contributed by atoms with van der Waals surface area (Å²) < 4.78 is 5.69. The van der Waals surface area contributed by atoms with Gasteiger partial charge in [-0.2, -0.15) is 11.3 Å². The molecular weight excluding hydrogens is 312 g/mol. The summed E-state index contributed by atoms with van der Waals surface area (Å²) >= 11 is 1.51.